The molecule has 30 heavy (non-hydrogen) atoms. The van der Waals surface area contributed by atoms with Crippen molar-refractivity contribution in [2.24, 2.45) is 4.99 Å². The minimum Gasteiger partial charge on any atom is -0.354 e. The molecule has 2 saturated heterocycles. The Morgan fingerprint density at radius 3 is 2.40 bits per heavy atom. The Hall–Kier alpha value is -1.61. The molecule has 2 aliphatic rings. The van der Waals surface area contributed by atoms with Crippen molar-refractivity contribution < 1.29 is 4.79 Å². The van der Waals surface area contributed by atoms with E-state index in [4.69, 9.17) is 0 Å². The molecule has 1 aromatic carbocycles. The number of fused-ring (bicyclic) bond motifs is 2. The zero-order chi connectivity index (χ0) is 20.8. The number of carbonyl (C=O) groups excluding carboxylic acids is 1. The van der Waals surface area contributed by atoms with Crippen LogP contribution in [-0.4, -0.2) is 67.0 Å². The number of likely N-dealkylation sites (N-methyl/N-ethyl adjacent to an activating group) is 1. The highest BCUT2D eigenvalue weighted by molar-refractivity contribution is 14.0. The molecule has 0 spiro atoms. The fraction of sp³-hybridized carbons (Fsp3) is 0.565. The Morgan fingerprint density at radius 1 is 1.20 bits per heavy atom. The normalized spacial score (nSPS) is 23.4. The first-order chi connectivity index (χ1) is 13.9. The predicted octanol–water partition coefficient (Wildman–Crippen LogP) is 3.00. The number of amides is 1. The zero-order valence-corrected chi connectivity index (χ0v) is 20.8. The van der Waals surface area contributed by atoms with Crippen molar-refractivity contribution in [2.75, 3.05) is 27.2 Å². The topological polar surface area (TPSA) is 60.0 Å². The van der Waals surface area contributed by atoms with Gasteiger partial charge < -0.3 is 15.5 Å². The second-order valence-electron chi connectivity index (χ2n) is 8.62. The van der Waals surface area contributed by atoms with Crippen LogP contribution >= 0.6 is 24.0 Å². The number of hydrogen-bond acceptors (Lipinski definition) is 3. The van der Waals surface area contributed by atoms with Gasteiger partial charge in [-0.15, -0.1) is 24.0 Å². The van der Waals surface area contributed by atoms with E-state index in [2.05, 4.69) is 57.4 Å². The van der Waals surface area contributed by atoms with Crippen LogP contribution < -0.4 is 10.6 Å². The van der Waals surface area contributed by atoms with Gasteiger partial charge in [-0.2, -0.15) is 0 Å². The van der Waals surface area contributed by atoms with E-state index in [-0.39, 0.29) is 36.4 Å². The first kappa shape index (κ1) is 24.7. The van der Waals surface area contributed by atoms with Crippen molar-refractivity contribution >= 4 is 35.8 Å². The molecule has 2 atom stereocenters. The van der Waals surface area contributed by atoms with E-state index in [0.29, 0.717) is 30.6 Å². The fourth-order valence-electron chi connectivity index (χ4n) is 4.31. The number of guanidine groups is 1. The number of carbonyl (C=O) groups is 1. The standard InChI is InChI=1S/C23H35N5O.HI/c1-17(2)14-24-23(25-15-22(29)27(3)4)26-19-12-20-10-11-21(13-19)28(20)16-18-8-6-5-7-9-18;/h5-9,19-21H,1,10-16H2,2-4H3,(H2,24,25,26);1H. The summed E-state index contributed by atoms with van der Waals surface area (Å²) in [5.41, 5.74) is 2.43. The number of nitrogens with zero attached hydrogens (tertiary/aromatic N) is 3. The summed E-state index contributed by atoms with van der Waals surface area (Å²) in [6.45, 7) is 7.78. The Labute approximate surface area is 198 Å². The molecule has 2 heterocycles. The van der Waals surface area contributed by atoms with Gasteiger partial charge in [-0.3, -0.25) is 9.69 Å². The number of rotatable bonds is 7. The molecule has 2 fully saturated rings. The van der Waals surface area contributed by atoms with Crippen molar-refractivity contribution in [3.8, 4) is 0 Å². The number of aliphatic imine (C=N–C) groups is 1. The maximum atomic E-state index is 11.9. The van der Waals surface area contributed by atoms with Crippen LogP contribution in [0.5, 0.6) is 0 Å². The zero-order valence-electron chi connectivity index (χ0n) is 18.4. The third-order valence-electron chi connectivity index (χ3n) is 5.86. The highest BCUT2D eigenvalue weighted by atomic mass is 127. The van der Waals surface area contributed by atoms with Crippen LogP contribution in [0.3, 0.4) is 0 Å². The van der Waals surface area contributed by atoms with Crippen LogP contribution in [-0.2, 0) is 11.3 Å². The maximum absolute atomic E-state index is 11.9. The molecule has 7 heteroatoms. The van der Waals surface area contributed by atoms with Gasteiger partial charge >= 0.3 is 0 Å². The Morgan fingerprint density at radius 2 is 1.83 bits per heavy atom. The summed E-state index contributed by atoms with van der Waals surface area (Å²) in [6, 6.07) is 12.4. The third kappa shape index (κ3) is 6.97. The van der Waals surface area contributed by atoms with Crippen LogP contribution in [0.25, 0.3) is 0 Å². The van der Waals surface area contributed by atoms with E-state index in [0.717, 1.165) is 25.0 Å². The molecule has 166 valence electrons. The van der Waals surface area contributed by atoms with Gasteiger partial charge in [0.1, 0.15) is 6.54 Å². The molecule has 2 N–H and O–H groups in total. The Bertz CT molecular complexity index is 722. The van der Waals surface area contributed by atoms with Crippen molar-refractivity contribution in [1.82, 2.24) is 20.4 Å². The van der Waals surface area contributed by atoms with Gasteiger partial charge in [-0.05, 0) is 38.2 Å². The molecule has 3 rings (SSSR count). The molecule has 0 aliphatic carbocycles. The summed E-state index contributed by atoms with van der Waals surface area (Å²) in [4.78, 5) is 20.7. The van der Waals surface area contributed by atoms with Gasteiger partial charge in [-0.25, -0.2) is 4.99 Å². The molecule has 2 bridgehead atoms. The Kier molecular flexibility index (Phi) is 9.61. The first-order valence-electron chi connectivity index (χ1n) is 10.6. The van der Waals surface area contributed by atoms with Gasteiger partial charge in [0.05, 0.1) is 0 Å². The average Bonchev–Trinajstić information content (AvgIpc) is 2.92. The van der Waals surface area contributed by atoms with Crippen molar-refractivity contribution in [3.05, 3.63) is 48.0 Å². The lowest BCUT2D eigenvalue weighted by molar-refractivity contribution is -0.127. The summed E-state index contributed by atoms with van der Waals surface area (Å²) in [6.07, 6.45) is 4.75. The van der Waals surface area contributed by atoms with Gasteiger partial charge in [0, 0.05) is 45.3 Å². The molecule has 2 aliphatic heterocycles. The van der Waals surface area contributed by atoms with Crippen LogP contribution in [0, 0.1) is 0 Å². The van der Waals surface area contributed by atoms with E-state index < -0.39 is 0 Å². The van der Waals surface area contributed by atoms with Gasteiger partial charge in [0.15, 0.2) is 5.96 Å². The number of nitrogens with one attached hydrogen (secondary N) is 2. The van der Waals surface area contributed by atoms with Crippen LogP contribution in [0.4, 0.5) is 0 Å². The quantitative estimate of drug-likeness (QED) is 0.249. The minimum absolute atomic E-state index is 0. The fourth-order valence-corrected chi connectivity index (χ4v) is 4.31. The monoisotopic (exact) mass is 525 g/mol. The molecule has 1 amide bonds. The lowest BCUT2D eigenvalue weighted by Crippen LogP contribution is -2.52. The average molecular weight is 525 g/mol. The number of hydrogen-bond donors (Lipinski definition) is 2. The maximum Gasteiger partial charge on any atom is 0.243 e. The second-order valence-corrected chi connectivity index (χ2v) is 8.62. The lowest BCUT2D eigenvalue weighted by Gasteiger charge is -2.39. The molecule has 1 aromatic rings. The smallest absolute Gasteiger partial charge is 0.243 e. The SMILES string of the molecule is C=C(C)CNC(=NCC(=O)N(C)C)NC1CC2CCC(C1)N2Cc1ccccc1.I. The van der Waals surface area contributed by atoms with E-state index in [1.165, 1.54) is 18.4 Å². The second kappa shape index (κ2) is 11.7. The molecule has 0 radical (unpaired) electrons. The molecular formula is C23H36IN5O. The van der Waals surface area contributed by atoms with Crippen molar-refractivity contribution in [1.29, 1.82) is 0 Å². The summed E-state index contributed by atoms with van der Waals surface area (Å²) in [7, 11) is 3.51. The van der Waals surface area contributed by atoms with E-state index >= 15 is 0 Å². The van der Waals surface area contributed by atoms with Crippen molar-refractivity contribution in [3.63, 3.8) is 0 Å². The lowest BCUT2D eigenvalue weighted by atomic mass is 9.96. The highest BCUT2D eigenvalue weighted by Gasteiger charge is 2.40. The first-order valence-corrected chi connectivity index (χ1v) is 10.6. The van der Waals surface area contributed by atoms with Gasteiger partial charge in [0.2, 0.25) is 5.91 Å². The molecule has 2 unspecified atom stereocenters. The highest BCUT2D eigenvalue weighted by Crippen LogP contribution is 2.36. The van der Waals surface area contributed by atoms with Crippen LogP contribution in [0.2, 0.25) is 0 Å². The van der Waals surface area contributed by atoms with Crippen LogP contribution in [0.15, 0.2) is 47.5 Å². The number of halogens is 1. The van der Waals surface area contributed by atoms with E-state index in [1.807, 2.05) is 6.92 Å². The largest absolute Gasteiger partial charge is 0.354 e. The molecule has 6 nitrogen and oxygen atoms in total. The minimum atomic E-state index is -0.000764. The third-order valence-corrected chi connectivity index (χ3v) is 5.86. The summed E-state index contributed by atoms with van der Waals surface area (Å²) in [5, 5.41) is 6.91. The predicted molar refractivity (Wildman–Crippen MR) is 134 cm³/mol. The van der Waals surface area contributed by atoms with Crippen molar-refractivity contribution in [2.45, 2.75) is 57.3 Å². The van der Waals surface area contributed by atoms with Gasteiger partial charge in [-0.1, -0.05) is 42.5 Å². The molecule has 0 saturated carbocycles. The van der Waals surface area contributed by atoms with E-state index in [9.17, 15) is 4.79 Å². The van der Waals surface area contributed by atoms with Crippen LogP contribution in [0.1, 0.15) is 38.2 Å². The number of benzene rings is 1. The summed E-state index contributed by atoms with van der Waals surface area (Å²) < 4.78 is 0. The summed E-state index contributed by atoms with van der Waals surface area (Å²) >= 11 is 0. The number of piperidine rings is 1. The van der Waals surface area contributed by atoms with Gasteiger partial charge in [0.25, 0.3) is 0 Å². The van der Waals surface area contributed by atoms with E-state index in [1.54, 1.807) is 19.0 Å². The Balaban J connectivity index is 0.00000320. The summed E-state index contributed by atoms with van der Waals surface area (Å²) in [5.74, 6) is 0.711. The molecular weight excluding hydrogens is 489 g/mol. The molecule has 0 aromatic heterocycles.